The van der Waals surface area contributed by atoms with Gasteiger partial charge in [0.15, 0.2) is 0 Å². The fourth-order valence-corrected chi connectivity index (χ4v) is 2.83. The van der Waals surface area contributed by atoms with Crippen molar-refractivity contribution in [3.63, 3.8) is 0 Å². The Morgan fingerprint density at radius 3 is 2.60 bits per heavy atom. The minimum Gasteiger partial charge on any atom is -0.380 e. The summed E-state index contributed by atoms with van der Waals surface area (Å²) in [4.78, 5) is 11.1. The van der Waals surface area contributed by atoms with E-state index in [2.05, 4.69) is 52.2 Å². The summed E-state index contributed by atoms with van der Waals surface area (Å²) in [7, 11) is 0. The van der Waals surface area contributed by atoms with Crippen molar-refractivity contribution in [1.82, 2.24) is 9.97 Å². The molecule has 2 aromatic heterocycles. The molecule has 0 spiro atoms. The predicted molar refractivity (Wildman–Crippen MR) is 102 cm³/mol. The first kappa shape index (κ1) is 16.7. The van der Waals surface area contributed by atoms with Gasteiger partial charge in [0.2, 0.25) is 0 Å². The van der Waals surface area contributed by atoms with Crippen LogP contribution in [0.5, 0.6) is 0 Å². The van der Waals surface area contributed by atoms with Crippen molar-refractivity contribution < 1.29 is 0 Å². The summed E-state index contributed by atoms with van der Waals surface area (Å²) in [6.07, 6.45) is 1.90. The zero-order chi connectivity index (χ0) is 17.6. The Balaban J connectivity index is 1.80. The zero-order valence-corrected chi connectivity index (χ0v) is 14.5. The molecule has 1 aromatic carbocycles. The largest absolute Gasteiger partial charge is 0.380 e. The molecule has 0 radical (unpaired) electrons. The lowest BCUT2D eigenvalue weighted by Gasteiger charge is -2.19. The molecule has 0 unspecified atom stereocenters. The Kier molecular flexibility index (Phi) is 5.10. The van der Waals surface area contributed by atoms with Gasteiger partial charge in [0.1, 0.15) is 17.6 Å². The summed E-state index contributed by atoms with van der Waals surface area (Å²) in [5.74, 6) is 0.995. The molecule has 0 saturated heterocycles. The van der Waals surface area contributed by atoms with Crippen molar-refractivity contribution in [2.45, 2.75) is 20.4 Å². The molecule has 0 atom stereocenters. The third-order valence-corrected chi connectivity index (χ3v) is 4.21. The Morgan fingerprint density at radius 1 is 1.12 bits per heavy atom. The van der Waals surface area contributed by atoms with Crippen LogP contribution in [0.2, 0.25) is 0 Å². The standard InChI is InChI=1S/C20H21N5/c1-3-25(4-2)20-10-9-15(14-23-20)13-22-19-11-16(12-21)24-18-8-6-5-7-17(18)19/h5-11,14H,3-4,13H2,1-2H3,(H,22,24). The number of aromatic nitrogens is 2. The highest BCUT2D eigenvalue weighted by atomic mass is 15.2. The second-order valence-electron chi connectivity index (χ2n) is 5.73. The third-order valence-electron chi connectivity index (χ3n) is 4.21. The first-order valence-corrected chi connectivity index (χ1v) is 8.48. The summed E-state index contributed by atoms with van der Waals surface area (Å²) in [5.41, 5.74) is 3.24. The lowest BCUT2D eigenvalue weighted by Crippen LogP contribution is -2.22. The van der Waals surface area contributed by atoms with Crippen molar-refractivity contribution in [2.75, 3.05) is 23.3 Å². The van der Waals surface area contributed by atoms with E-state index in [0.717, 1.165) is 41.1 Å². The molecule has 5 heteroatoms. The van der Waals surface area contributed by atoms with Gasteiger partial charge in [-0.25, -0.2) is 9.97 Å². The number of anilines is 2. The predicted octanol–water partition coefficient (Wildman–Crippen LogP) is 3.96. The minimum atomic E-state index is 0.413. The van der Waals surface area contributed by atoms with E-state index in [1.807, 2.05) is 30.5 Å². The molecule has 126 valence electrons. The Bertz CT molecular complexity index is 892. The maximum absolute atomic E-state index is 9.18. The molecule has 3 aromatic rings. The molecule has 3 rings (SSSR count). The van der Waals surface area contributed by atoms with E-state index in [1.54, 1.807) is 6.07 Å². The number of hydrogen-bond donors (Lipinski definition) is 1. The topological polar surface area (TPSA) is 64.8 Å². The molecule has 0 amide bonds. The normalized spacial score (nSPS) is 10.4. The molecule has 0 fully saturated rings. The molecular weight excluding hydrogens is 310 g/mol. The lowest BCUT2D eigenvalue weighted by molar-refractivity contribution is 0.844. The van der Waals surface area contributed by atoms with Crippen LogP contribution in [0.4, 0.5) is 11.5 Å². The van der Waals surface area contributed by atoms with Crippen LogP contribution in [0.3, 0.4) is 0 Å². The summed E-state index contributed by atoms with van der Waals surface area (Å²) >= 11 is 0. The number of para-hydroxylation sites is 1. The monoisotopic (exact) mass is 331 g/mol. The number of benzene rings is 1. The van der Waals surface area contributed by atoms with Gasteiger partial charge in [-0.2, -0.15) is 5.26 Å². The van der Waals surface area contributed by atoms with Gasteiger partial charge in [-0.05, 0) is 37.6 Å². The molecule has 0 aliphatic rings. The third kappa shape index (κ3) is 3.69. The fourth-order valence-electron chi connectivity index (χ4n) is 2.83. The van der Waals surface area contributed by atoms with Crippen LogP contribution >= 0.6 is 0 Å². The molecule has 0 aliphatic carbocycles. The number of pyridine rings is 2. The van der Waals surface area contributed by atoms with Gasteiger partial charge in [-0.3, -0.25) is 0 Å². The second kappa shape index (κ2) is 7.63. The van der Waals surface area contributed by atoms with E-state index in [4.69, 9.17) is 0 Å². The number of nitrogens with one attached hydrogen (secondary N) is 1. The van der Waals surface area contributed by atoms with Gasteiger partial charge in [-0.15, -0.1) is 0 Å². The average molecular weight is 331 g/mol. The molecule has 25 heavy (non-hydrogen) atoms. The smallest absolute Gasteiger partial charge is 0.143 e. The molecule has 2 heterocycles. The van der Waals surface area contributed by atoms with Crippen molar-refractivity contribution in [3.8, 4) is 6.07 Å². The quantitative estimate of drug-likeness (QED) is 0.740. The van der Waals surface area contributed by atoms with E-state index in [9.17, 15) is 5.26 Å². The molecule has 0 bridgehead atoms. The van der Waals surface area contributed by atoms with Gasteiger partial charge in [0.25, 0.3) is 0 Å². The Hall–Kier alpha value is -3.13. The fraction of sp³-hybridized carbons (Fsp3) is 0.250. The maximum Gasteiger partial charge on any atom is 0.143 e. The van der Waals surface area contributed by atoms with E-state index in [0.29, 0.717) is 12.2 Å². The molecule has 0 aliphatic heterocycles. The van der Waals surface area contributed by atoms with Gasteiger partial charge in [0, 0.05) is 36.9 Å². The van der Waals surface area contributed by atoms with Gasteiger partial charge < -0.3 is 10.2 Å². The van der Waals surface area contributed by atoms with E-state index < -0.39 is 0 Å². The zero-order valence-electron chi connectivity index (χ0n) is 14.5. The molecule has 1 N–H and O–H groups in total. The number of rotatable bonds is 6. The van der Waals surface area contributed by atoms with Gasteiger partial charge >= 0.3 is 0 Å². The van der Waals surface area contributed by atoms with Crippen molar-refractivity contribution in [3.05, 3.63) is 59.9 Å². The van der Waals surface area contributed by atoms with Crippen molar-refractivity contribution in [2.24, 2.45) is 0 Å². The first-order chi connectivity index (χ1) is 12.2. The molecular formula is C20H21N5. The number of nitrogens with zero attached hydrogens (tertiary/aromatic N) is 4. The number of nitriles is 1. The van der Waals surface area contributed by atoms with E-state index in [-0.39, 0.29) is 0 Å². The highest BCUT2D eigenvalue weighted by Gasteiger charge is 2.06. The van der Waals surface area contributed by atoms with Crippen LogP contribution < -0.4 is 10.2 Å². The van der Waals surface area contributed by atoms with Crippen LogP contribution in [0.1, 0.15) is 25.1 Å². The lowest BCUT2D eigenvalue weighted by atomic mass is 10.1. The van der Waals surface area contributed by atoms with Gasteiger partial charge in [-0.1, -0.05) is 24.3 Å². The minimum absolute atomic E-state index is 0.413. The Morgan fingerprint density at radius 2 is 1.92 bits per heavy atom. The SMILES string of the molecule is CCN(CC)c1ccc(CNc2cc(C#N)nc3ccccc23)cn1. The van der Waals surface area contributed by atoms with E-state index in [1.165, 1.54) is 0 Å². The van der Waals surface area contributed by atoms with Crippen LogP contribution in [-0.4, -0.2) is 23.1 Å². The highest BCUT2D eigenvalue weighted by molar-refractivity contribution is 5.91. The number of fused-ring (bicyclic) bond motifs is 1. The van der Waals surface area contributed by atoms with Crippen LogP contribution in [0.15, 0.2) is 48.7 Å². The Labute approximate surface area is 148 Å². The molecule has 5 nitrogen and oxygen atoms in total. The number of hydrogen-bond acceptors (Lipinski definition) is 5. The summed E-state index contributed by atoms with van der Waals surface area (Å²) in [6.45, 7) is 6.79. The summed E-state index contributed by atoms with van der Waals surface area (Å²) < 4.78 is 0. The molecule has 0 saturated carbocycles. The van der Waals surface area contributed by atoms with Crippen molar-refractivity contribution >= 4 is 22.4 Å². The summed E-state index contributed by atoms with van der Waals surface area (Å²) in [6, 6.07) is 15.9. The van der Waals surface area contributed by atoms with Crippen LogP contribution in [-0.2, 0) is 6.54 Å². The average Bonchev–Trinajstić information content (AvgIpc) is 2.67. The summed E-state index contributed by atoms with van der Waals surface area (Å²) in [5, 5.41) is 13.6. The highest BCUT2D eigenvalue weighted by Crippen LogP contribution is 2.23. The van der Waals surface area contributed by atoms with Crippen LogP contribution in [0, 0.1) is 11.3 Å². The van der Waals surface area contributed by atoms with Crippen LogP contribution in [0.25, 0.3) is 10.9 Å². The van der Waals surface area contributed by atoms with Gasteiger partial charge in [0.05, 0.1) is 5.52 Å². The maximum atomic E-state index is 9.18. The van der Waals surface area contributed by atoms with Crippen molar-refractivity contribution in [1.29, 1.82) is 5.26 Å². The van der Waals surface area contributed by atoms with E-state index >= 15 is 0 Å². The first-order valence-electron chi connectivity index (χ1n) is 8.48. The second-order valence-corrected chi connectivity index (χ2v) is 5.73.